The summed E-state index contributed by atoms with van der Waals surface area (Å²) in [5.41, 5.74) is 1.33. The summed E-state index contributed by atoms with van der Waals surface area (Å²) in [5, 5.41) is 4.08. The van der Waals surface area contributed by atoms with Crippen LogP contribution in [0.4, 0.5) is 0 Å². The van der Waals surface area contributed by atoms with E-state index < -0.39 is 0 Å². The van der Waals surface area contributed by atoms with Gasteiger partial charge >= 0.3 is 0 Å². The van der Waals surface area contributed by atoms with Crippen molar-refractivity contribution in [1.82, 2.24) is 15.0 Å². The van der Waals surface area contributed by atoms with Gasteiger partial charge in [-0.1, -0.05) is 41.9 Å². The van der Waals surface area contributed by atoms with E-state index >= 15 is 0 Å². The molecule has 0 spiro atoms. The summed E-state index contributed by atoms with van der Waals surface area (Å²) in [6, 6.07) is 10.8. The fourth-order valence-corrected chi connectivity index (χ4v) is 2.98. The molecule has 1 saturated heterocycles. The van der Waals surface area contributed by atoms with Gasteiger partial charge in [-0.05, 0) is 24.9 Å². The lowest BCUT2D eigenvalue weighted by Crippen LogP contribution is -2.33. The molecule has 0 aliphatic carbocycles. The van der Waals surface area contributed by atoms with Gasteiger partial charge in [0.2, 0.25) is 5.89 Å². The van der Waals surface area contributed by atoms with Gasteiger partial charge in [0.05, 0.1) is 12.6 Å². The van der Waals surface area contributed by atoms with Crippen molar-refractivity contribution in [1.29, 1.82) is 0 Å². The van der Waals surface area contributed by atoms with Crippen LogP contribution in [0.15, 0.2) is 34.9 Å². The maximum absolute atomic E-state index is 5.51. The maximum atomic E-state index is 5.51. The highest BCUT2D eigenvalue weighted by atomic mass is 16.5. The number of piperidine rings is 1. The van der Waals surface area contributed by atoms with Crippen molar-refractivity contribution in [2.45, 2.75) is 38.3 Å². The van der Waals surface area contributed by atoms with Gasteiger partial charge in [-0.15, -0.1) is 0 Å². The molecule has 22 heavy (non-hydrogen) atoms. The number of benzene rings is 1. The standard InChI is InChI=1S/C17H23N3O2/c1-21-12-10-16-18-17(22-19-16)15-9-5-6-11-20(15)13-14-7-3-2-4-8-14/h2-4,7-8,15H,5-6,9-13H2,1H3. The number of likely N-dealkylation sites (tertiary alicyclic amines) is 1. The van der Waals surface area contributed by atoms with Crippen LogP contribution in [-0.4, -0.2) is 35.3 Å². The Labute approximate surface area is 131 Å². The SMILES string of the molecule is COCCc1noc(C2CCCCN2Cc2ccccc2)n1. The molecule has 1 unspecified atom stereocenters. The van der Waals surface area contributed by atoms with Crippen molar-refractivity contribution in [3.63, 3.8) is 0 Å². The Hall–Kier alpha value is -1.72. The van der Waals surface area contributed by atoms with Crippen LogP contribution in [-0.2, 0) is 17.7 Å². The van der Waals surface area contributed by atoms with Gasteiger partial charge in [0, 0.05) is 20.1 Å². The Bertz CT molecular complexity index is 570. The van der Waals surface area contributed by atoms with E-state index in [9.17, 15) is 0 Å². The third-order valence-electron chi connectivity index (χ3n) is 4.14. The van der Waals surface area contributed by atoms with E-state index in [0.29, 0.717) is 13.0 Å². The number of ether oxygens (including phenoxy) is 1. The monoisotopic (exact) mass is 301 g/mol. The van der Waals surface area contributed by atoms with E-state index in [-0.39, 0.29) is 6.04 Å². The Kier molecular flexibility index (Phi) is 5.19. The van der Waals surface area contributed by atoms with E-state index in [1.165, 1.54) is 18.4 Å². The average molecular weight is 301 g/mol. The van der Waals surface area contributed by atoms with Crippen LogP contribution < -0.4 is 0 Å². The molecule has 2 aromatic rings. The van der Waals surface area contributed by atoms with Crippen LogP contribution in [0.5, 0.6) is 0 Å². The van der Waals surface area contributed by atoms with Crippen molar-refractivity contribution in [2.75, 3.05) is 20.3 Å². The number of rotatable bonds is 6. The quantitative estimate of drug-likeness (QED) is 0.821. The zero-order valence-corrected chi connectivity index (χ0v) is 13.1. The minimum atomic E-state index is 0.234. The fraction of sp³-hybridized carbons (Fsp3) is 0.529. The number of aromatic nitrogens is 2. The lowest BCUT2D eigenvalue weighted by molar-refractivity contribution is 0.111. The molecule has 118 valence electrons. The van der Waals surface area contributed by atoms with Crippen LogP contribution in [0, 0.1) is 0 Å². The summed E-state index contributed by atoms with van der Waals surface area (Å²) in [6.45, 7) is 2.63. The third-order valence-corrected chi connectivity index (χ3v) is 4.14. The lowest BCUT2D eigenvalue weighted by Gasteiger charge is -2.33. The summed E-state index contributed by atoms with van der Waals surface area (Å²) >= 11 is 0. The van der Waals surface area contributed by atoms with Crippen molar-refractivity contribution in [3.05, 3.63) is 47.6 Å². The first-order valence-corrected chi connectivity index (χ1v) is 7.96. The maximum Gasteiger partial charge on any atom is 0.244 e. The van der Waals surface area contributed by atoms with Crippen molar-refractivity contribution in [3.8, 4) is 0 Å². The molecule has 0 amide bonds. The Morgan fingerprint density at radius 3 is 2.95 bits per heavy atom. The normalized spacial score (nSPS) is 19.4. The van der Waals surface area contributed by atoms with E-state index in [4.69, 9.17) is 9.26 Å². The highest BCUT2D eigenvalue weighted by Crippen LogP contribution is 2.31. The van der Waals surface area contributed by atoms with E-state index in [1.807, 2.05) is 0 Å². The molecule has 1 aromatic carbocycles. The summed E-state index contributed by atoms with van der Waals surface area (Å²) in [6.07, 6.45) is 4.23. The molecule has 1 fully saturated rings. The Morgan fingerprint density at radius 1 is 1.27 bits per heavy atom. The zero-order valence-electron chi connectivity index (χ0n) is 13.1. The molecule has 2 heterocycles. The van der Waals surface area contributed by atoms with Gasteiger partial charge in [-0.25, -0.2) is 0 Å². The highest BCUT2D eigenvalue weighted by Gasteiger charge is 2.28. The average Bonchev–Trinajstić information content (AvgIpc) is 3.03. The van der Waals surface area contributed by atoms with Crippen LogP contribution >= 0.6 is 0 Å². The first-order valence-electron chi connectivity index (χ1n) is 7.96. The molecule has 5 nitrogen and oxygen atoms in total. The largest absolute Gasteiger partial charge is 0.384 e. The van der Waals surface area contributed by atoms with E-state index in [2.05, 4.69) is 45.4 Å². The zero-order chi connectivity index (χ0) is 15.2. The van der Waals surface area contributed by atoms with Gasteiger partial charge < -0.3 is 9.26 Å². The number of nitrogens with zero attached hydrogens (tertiary/aromatic N) is 3. The summed E-state index contributed by atoms with van der Waals surface area (Å²) in [5.74, 6) is 1.49. The number of methoxy groups -OCH3 is 1. The molecule has 0 N–H and O–H groups in total. The molecule has 0 saturated carbocycles. The minimum absolute atomic E-state index is 0.234. The number of hydrogen-bond acceptors (Lipinski definition) is 5. The molecule has 5 heteroatoms. The summed E-state index contributed by atoms with van der Waals surface area (Å²) in [7, 11) is 1.68. The minimum Gasteiger partial charge on any atom is -0.384 e. The predicted molar refractivity (Wildman–Crippen MR) is 83.3 cm³/mol. The second-order valence-electron chi connectivity index (χ2n) is 5.76. The fourth-order valence-electron chi connectivity index (χ4n) is 2.98. The van der Waals surface area contributed by atoms with Crippen LogP contribution in [0.3, 0.4) is 0 Å². The molecular formula is C17H23N3O2. The smallest absolute Gasteiger partial charge is 0.244 e. The van der Waals surface area contributed by atoms with Gasteiger partial charge in [0.25, 0.3) is 0 Å². The third kappa shape index (κ3) is 3.72. The van der Waals surface area contributed by atoms with Crippen LogP contribution in [0.25, 0.3) is 0 Å². The molecular weight excluding hydrogens is 278 g/mol. The molecule has 3 rings (SSSR count). The van der Waals surface area contributed by atoms with Crippen LogP contribution in [0.2, 0.25) is 0 Å². The molecule has 1 aliphatic heterocycles. The highest BCUT2D eigenvalue weighted by molar-refractivity contribution is 5.15. The molecule has 0 radical (unpaired) electrons. The van der Waals surface area contributed by atoms with Gasteiger partial charge in [0.1, 0.15) is 0 Å². The van der Waals surface area contributed by atoms with Crippen molar-refractivity contribution >= 4 is 0 Å². The second-order valence-corrected chi connectivity index (χ2v) is 5.76. The van der Waals surface area contributed by atoms with Gasteiger partial charge in [0.15, 0.2) is 5.82 Å². The van der Waals surface area contributed by atoms with E-state index in [0.717, 1.165) is 31.2 Å². The van der Waals surface area contributed by atoms with Gasteiger partial charge in [-0.2, -0.15) is 4.98 Å². The lowest BCUT2D eigenvalue weighted by atomic mass is 10.0. The number of hydrogen-bond donors (Lipinski definition) is 0. The topological polar surface area (TPSA) is 51.4 Å². The van der Waals surface area contributed by atoms with Crippen molar-refractivity contribution in [2.24, 2.45) is 0 Å². The molecule has 0 bridgehead atoms. The second kappa shape index (κ2) is 7.51. The molecule has 1 aromatic heterocycles. The first kappa shape index (κ1) is 15.2. The predicted octanol–water partition coefficient (Wildman–Crippen LogP) is 2.99. The summed E-state index contributed by atoms with van der Waals surface area (Å²) in [4.78, 5) is 7.01. The van der Waals surface area contributed by atoms with Crippen molar-refractivity contribution < 1.29 is 9.26 Å². The molecule has 1 aliphatic rings. The van der Waals surface area contributed by atoms with Gasteiger partial charge in [-0.3, -0.25) is 4.90 Å². The first-order chi connectivity index (χ1) is 10.9. The Morgan fingerprint density at radius 2 is 2.14 bits per heavy atom. The van der Waals surface area contributed by atoms with E-state index in [1.54, 1.807) is 7.11 Å². The Balaban J connectivity index is 1.70. The summed E-state index contributed by atoms with van der Waals surface area (Å²) < 4.78 is 10.6. The molecule has 1 atom stereocenters. The van der Waals surface area contributed by atoms with Crippen LogP contribution in [0.1, 0.15) is 42.6 Å².